The Labute approximate surface area is 173 Å². The van der Waals surface area contributed by atoms with Crippen LogP contribution in [0, 0.1) is 0 Å². The second-order valence-electron chi connectivity index (χ2n) is 6.48. The molecule has 0 aliphatic rings. The van der Waals surface area contributed by atoms with Gasteiger partial charge in [-0.05, 0) is 50.2 Å². The number of rotatable bonds is 8. The fourth-order valence-electron chi connectivity index (χ4n) is 2.47. The fraction of sp³-hybridized carbons (Fsp3) is 0.200. The van der Waals surface area contributed by atoms with Crippen LogP contribution in [0.1, 0.15) is 19.5 Å². The molecule has 152 valence electrons. The summed E-state index contributed by atoms with van der Waals surface area (Å²) in [6.45, 7) is 3.88. The smallest absolute Gasteiger partial charge is 0.263 e. The standard InChI is InChI=1S/C20H21N3O4S2/c1-14(2)27-17-10-8-15(9-11-17)21-19(24)12-16-13-28-20(22-16)23-29(25,26)18-6-4-3-5-7-18/h3-11,13-14H,12H2,1-2H3,(H,21,24)(H,22,23). The van der Waals surface area contributed by atoms with Crippen molar-refractivity contribution in [2.24, 2.45) is 0 Å². The molecule has 3 rings (SSSR count). The van der Waals surface area contributed by atoms with E-state index >= 15 is 0 Å². The van der Waals surface area contributed by atoms with Gasteiger partial charge in [0.05, 0.1) is 23.1 Å². The molecule has 0 fully saturated rings. The van der Waals surface area contributed by atoms with Gasteiger partial charge in [-0.15, -0.1) is 11.3 Å². The third kappa shape index (κ3) is 6.03. The monoisotopic (exact) mass is 431 g/mol. The van der Waals surface area contributed by atoms with Crippen molar-refractivity contribution in [2.75, 3.05) is 10.0 Å². The van der Waals surface area contributed by atoms with E-state index in [9.17, 15) is 13.2 Å². The Bertz CT molecular complexity index is 1060. The first-order valence-electron chi connectivity index (χ1n) is 8.91. The number of benzene rings is 2. The quantitative estimate of drug-likeness (QED) is 0.564. The van der Waals surface area contributed by atoms with Crippen LogP contribution >= 0.6 is 11.3 Å². The molecule has 0 saturated heterocycles. The topological polar surface area (TPSA) is 97.4 Å². The van der Waals surface area contributed by atoms with Gasteiger partial charge in [0.15, 0.2) is 5.13 Å². The fourth-order valence-corrected chi connectivity index (χ4v) is 4.45. The number of hydrogen-bond donors (Lipinski definition) is 2. The van der Waals surface area contributed by atoms with Crippen molar-refractivity contribution >= 4 is 38.1 Å². The number of amides is 1. The highest BCUT2D eigenvalue weighted by molar-refractivity contribution is 7.93. The molecule has 0 unspecified atom stereocenters. The van der Waals surface area contributed by atoms with Gasteiger partial charge in [-0.1, -0.05) is 18.2 Å². The maximum absolute atomic E-state index is 12.3. The van der Waals surface area contributed by atoms with Crippen molar-refractivity contribution in [3.05, 3.63) is 65.7 Å². The lowest BCUT2D eigenvalue weighted by molar-refractivity contribution is -0.115. The molecule has 1 amide bonds. The van der Waals surface area contributed by atoms with E-state index in [1.807, 2.05) is 13.8 Å². The number of carbonyl (C=O) groups excluding carboxylic acids is 1. The summed E-state index contributed by atoms with van der Waals surface area (Å²) in [7, 11) is -3.70. The zero-order valence-corrected chi connectivity index (χ0v) is 17.6. The van der Waals surface area contributed by atoms with Crippen molar-refractivity contribution in [3.63, 3.8) is 0 Å². The number of carbonyl (C=O) groups is 1. The lowest BCUT2D eigenvalue weighted by atomic mass is 10.2. The van der Waals surface area contributed by atoms with Crippen molar-refractivity contribution in [3.8, 4) is 5.75 Å². The number of ether oxygens (including phenoxy) is 1. The zero-order valence-electron chi connectivity index (χ0n) is 16.0. The molecule has 0 atom stereocenters. The summed E-state index contributed by atoms with van der Waals surface area (Å²) in [6, 6.07) is 15.1. The molecule has 1 aromatic heterocycles. The predicted molar refractivity (Wildman–Crippen MR) is 114 cm³/mol. The van der Waals surface area contributed by atoms with Crippen molar-refractivity contribution in [1.29, 1.82) is 0 Å². The molecule has 2 aromatic carbocycles. The predicted octanol–water partition coefficient (Wildman–Crippen LogP) is 3.91. The third-order valence-electron chi connectivity index (χ3n) is 3.68. The van der Waals surface area contributed by atoms with Gasteiger partial charge < -0.3 is 10.1 Å². The number of aromatic nitrogens is 1. The van der Waals surface area contributed by atoms with E-state index in [4.69, 9.17) is 4.74 Å². The Balaban J connectivity index is 1.57. The zero-order chi connectivity index (χ0) is 20.9. The van der Waals surface area contributed by atoms with Gasteiger partial charge in [0.1, 0.15) is 5.75 Å². The van der Waals surface area contributed by atoms with Crippen molar-refractivity contribution in [2.45, 2.75) is 31.3 Å². The maximum atomic E-state index is 12.3. The molecular weight excluding hydrogens is 410 g/mol. The Morgan fingerprint density at radius 3 is 2.45 bits per heavy atom. The van der Waals surface area contributed by atoms with Crippen molar-refractivity contribution < 1.29 is 17.9 Å². The first-order chi connectivity index (χ1) is 13.8. The van der Waals surface area contributed by atoms with Crippen LogP contribution in [-0.2, 0) is 21.2 Å². The Hall–Kier alpha value is -2.91. The van der Waals surface area contributed by atoms with Crippen LogP contribution in [0.3, 0.4) is 0 Å². The molecule has 29 heavy (non-hydrogen) atoms. The minimum Gasteiger partial charge on any atom is -0.491 e. The summed E-state index contributed by atoms with van der Waals surface area (Å²) >= 11 is 1.13. The second kappa shape index (κ2) is 9.06. The average molecular weight is 432 g/mol. The maximum Gasteiger partial charge on any atom is 0.263 e. The normalized spacial score (nSPS) is 11.3. The Morgan fingerprint density at radius 2 is 1.79 bits per heavy atom. The first kappa shape index (κ1) is 20.8. The molecule has 2 N–H and O–H groups in total. The van der Waals surface area contributed by atoms with Gasteiger partial charge in [-0.25, -0.2) is 13.4 Å². The van der Waals surface area contributed by atoms with Crippen molar-refractivity contribution in [1.82, 2.24) is 4.98 Å². The lowest BCUT2D eigenvalue weighted by Gasteiger charge is -2.10. The molecule has 3 aromatic rings. The highest BCUT2D eigenvalue weighted by Crippen LogP contribution is 2.21. The van der Waals surface area contributed by atoms with Crippen LogP contribution in [0.4, 0.5) is 10.8 Å². The third-order valence-corrected chi connectivity index (χ3v) is 5.97. The van der Waals surface area contributed by atoms with Gasteiger partial charge >= 0.3 is 0 Å². The summed E-state index contributed by atoms with van der Waals surface area (Å²) in [4.78, 5) is 16.6. The molecule has 0 radical (unpaired) electrons. The second-order valence-corrected chi connectivity index (χ2v) is 9.02. The van der Waals surface area contributed by atoms with E-state index in [1.54, 1.807) is 47.8 Å². The molecule has 0 saturated carbocycles. The first-order valence-corrected chi connectivity index (χ1v) is 11.3. The van der Waals surface area contributed by atoms with Gasteiger partial charge in [-0.2, -0.15) is 0 Å². The van der Waals surface area contributed by atoms with Crippen LogP contribution in [-0.4, -0.2) is 25.4 Å². The summed E-state index contributed by atoms with van der Waals surface area (Å²) in [5.41, 5.74) is 1.13. The number of hydrogen-bond acceptors (Lipinski definition) is 6. The van der Waals surface area contributed by atoms with E-state index in [1.165, 1.54) is 12.1 Å². The van der Waals surface area contributed by atoms with E-state index in [-0.39, 0.29) is 28.5 Å². The summed E-state index contributed by atoms with van der Waals surface area (Å²) in [6.07, 6.45) is 0.113. The van der Waals surface area contributed by atoms with Gasteiger partial charge in [0.2, 0.25) is 5.91 Å². The lowest BCUT2D eigenvalue weighted by Crippen LogP contribution is -2.15. The number of anilines is 2. The van der Waals surface area contributed by atoms with Gasteiger partial charge in [-0.3, -0.25) is 9.52 Å². The van der Waals surface area contributed by atoms with E-state index in [2.05, 4.69) is 15.0 Å². The largest absolute Gasteiger partial charge is 0.491 e. The number of nitrogens with zero attached hydrogens (tertiary/aromatic N) is 1. The van der Waals surface area contributed by atoms with E-state index < -0.39 is 10.0 Å². The van der Waals surface area contributed by atoms with Gasteiger partial charge in [0.25, 0.3) is 10.0 Å². The van der Waals surface area contributed by atoms with Crippen LogP contribution in [0.15, 0.2) is 64.9 Å². The van der Waals surface area contributed by atoms with Gasteiger partial charge in [0, 0.05) is 11.1 Å². The Morgan fingerprint density at radius 1 is 1.10 bits per heavy atom. The molecule has 0 spiro atoms. The number of nitrogens with one attached hydrogen (secondary N) is 2. The molecule has 0 aliphatic heterocycles. The summed E-state index contributed by atoms with van der Waals surface area (Å²) in [5, 5.41) is 4.66. The molecule has 9 heteroatoms. The highest BCUT2D eigenvalue weighted by atomic mass is 32.2. The average Bonchev–Trinajstić information content (AvgIpc) is 3.09. The molecular formula is C20H21N3O4S2. The van der Waals surface area contributed by atoms with Crippen LogP contribution < -0.4 is 14.8 Å². The van der Waals surface area contributed by atoms with Crippen LogP contribution in [0.2, 0.25) is 0 Å². The molecule has 0 bridgehead atoms. The number of sulfonamides is 1. The van der Waals surface area contributed by atoms with E-state index in [0.717, 1.165) is 17.1 Å². The highest BCUT2D eigenvalue weighted by Gasteiger charge is 2.16. The SMILES string of the molecule is CC(C)Oc1ccc(NC(=O)Cc2csc(NS(=O)(=O)c3ccccc3)n2)cc1. The van der Waals surface area contributed by atoms with Crippen LogP contribution in [0.25, 0.3) is 0 Å². The summed E-state index contributed by atoms with van der Waals surface area (Å²) in [5.74, 6) is 0.484. The Kier molecular flexibility index (Phi) is 6.50. The van der Waals surface area contributed by atoms with E-state index in [0.29, 0.717) is 11.4 Å². The molecule has 0 aliphatic carbocycles. The molecule has 1 heterocycles. The van der Waals surface area contributed by atoms with Crippen LogP contribution in [0.5, 0.6) is 5.75 Å². The molecule has 7 nitrogen and oxygen atoms in total. The summed E-state index contributed by atoms with van der Waals surface area (Å²) < 4.78 is 32.7. The number of thiazole rings is 1. The minimum absolute atomic E-state index is 0.0355. The minimum atomic E-state index is -3.70.